The van der Waals surface area contributed by atoms with Crippen LogP contribution in [0, 0.1) is 0 Å². The average molecular weight is 234 g/mol. The molecule has 2 aliphatic rings. The lowest BCUT2D eigenvalue weighted by atomic mass is 10.2. The Bertz CT molecular complexity index is 381. The summed E-state index contributed by atoms with van der Waals surface area (Å²) in [5.41, 5.74) is 0. The van der Waals surface area contributed by atoms with Gasteiger partial charge in [-0.15, -0.1) is 0 Å². The lowest BCUT2D eigenvalue weighted by molar-refractivity contribution is 0.530. The first-order chi connectivity index (χ1) is 8.22. The minimum absolute atomic E-state index is 0.451. The van der Waals surface area contributed by atoms with Crippen molar-refractivity contribution in [1.29, 1.82) is 0 Å². The predicted molar refractivity (Wildman–Crippen MR) is 69.4 cm³/mol. The molecule has 1 aliphatic heterocycles. The molecular weight excluding hydrogens is 212 g/mol. The third-order valence-corrected chi connectivity index (χ3v) is 3.68. The Morgan fingerprint density at radius 1 is 1.29 bits per heavy atom. The molecule has 1 aromatic heterocycles. The Morgan fingerprint density at radius 2 is 2.12 bits per heavy atom. The van der Waals surface area contributed by atoms with Gasteiger partial charge in [-0.3, -0.25) is 4.68 Å². The van der Waals surface area contributed by atoms with E-state index < -0.39 is 0 Å². The van der Waals surface area contributed by atoms with Crippen molar-refractivity contribution in [2.24, 2.45) is 0 Å². The minimum Gasteiger partial charge on any atom is -0.354 e. The van der Waals surface area contributed by atoms with Crippen LogP contribution in [-0.2, 0) is 0 Å². The van der Waals surface area contributed by atoms with Gasteiger partial charge in [0, 0.05) is 43.5 Å². The van der Waals surface area contributed by atoms with Crippen LogP contribution in [0.25, 0.3) is 0 Å². The number of hydrogen-bond donors (Lipinski definition) is 1. The fourth-order valence-corrected chi connectivity index (χ4v) is 2.47. The standard InChI is InChI=1S/C13H22N4/c1-10(2)17-8-6-13(15-17)16-7-5-12(9-16)14-11-3-4-11/h6,8,10-12,14H,3-5,7,9H2,1-2H3. The molecule has 4 nitrogen and oxygen atoms in total. The van der Waals surface area contributed by atoms with Crippen LogP contribution in [0.4, 0.5) is 5.82 Å². The van der Waals surface area contributed by atoms with Gasteiger partial charge in [0.25, 0.3) is 0 Å². The SMILES string of the molecule is CC(C)n1ccc(N2CCC(NC3CC3)C2)n1. The van der Waals surface area contributed by atoms with E-state index in [-0.39, 0.29) is 0 Å². The fourth-order valence-electron chi connectivity index (χ4n) is 2.47. The normalized spacial score (nSPS) is 24.9. The van der Waals surface area contributed by atoms with Gasteiger partial charge >= 0.3 is 0 Å². The van der Waals surface area contributed by atoms with Gasteiger partial charge in [0.1, 0.15) is 0 Å². The van der Waals surface area contributed by atoms with Crippen LogP contribution >= 0.6 is 0 Å². The molecule has 1 aliphatic carbocycles. The fraction of sp³-hybridized carbons (Fsp3) is 0.769. The summed E-state index contributed by atoms with van der Waals surface area (Å²) >= 11 is 0. The molecular formula is C13H22N4. The number of aromatic nitrogens is 2. The van der Waals surface area contributed by atoms with Crippen molar-refractivity contribution in [3.8, 4) is 0 Å². The molecule has 0 bridgehead atoms. The van der Waals surface area contributed by atoms with Crippen molar-refractivity contribution in [2.45, 2.75) is 51.2 Å². The highest BCUT2D eigenvalue weighted by Gasteiger charge is 2.29. The molecule has 1 N–H and O–H groups in total. The second kappa shape index (κ2) is 4.33. The Hall–Kier alpha value is -1.03. The molecule has 0 radical (unpaired) electrons. The van der Waals surface area contributed by atoms with Crippen LogP contribution in [0.1, 0.15) is 39.2 Å². The number of hydrogen-bond acceptors (Lipinski definition) is 3. The number of nitrogens with zero attached hydrogens (tertiary/aromatic N) is 3. The van der Waals surface area contributed by atoms with E-state index >= 15 is 0 Å². The van der Waals surface area contributed by atoms with Gasteiger partial charge in [-0.25, -0.2) is 0 Å². The van der Waals surface area contributed by atoms with Crippen molar-refractivity contribution < 1.29 is 0 Å². The molecule has 94 valence electrons. The van der Waals surface area contributed by atoms with Crippen LogP contribution in [0.3, 0.4) is 0 Å². The maximum atomic E-state index is 4.64. The number of nitrogens with one attached hydrogen (secondary N) is 1. The lowest BCUT2D eigenvalue weighted by Crippen LogP contribution is -2.34. The summed E-state index contributed by atoms with van der Waals surface area (Å²) in [6, 6.07) is 4.08. The van der Waals surface area contributed by atoms with E-state index in [0.717, 1.165) is 24.9 Å². The Kier molecular flexibility index (Phi) is 2.82. The Balaban J connectivity index is 1.60. The van der Waals surface area contributed by atoms with Gasteiger partial charge in [0.15, 0.2) is 5.82 Å². The maximum absolute atomic E-state index is 4.64. The summed E-state index contributed by atoms with van der Waals surface area (Å²) in [6.07, 6.45) is 6.09. The summed E-state index contributed by atoms with van der Waals surface area (Å²) in [5, 5.41) is 8.34. The molecule has 1 unspecified atom stereocenters. The third-order valence-electron chi connectivity index (χ3n) is 3.68. The highest BCUT2D eigenvalue weighted by atomic mass is 15.4. The van der Waals surface area contributed by atoms with Crippen LogP contribution < -0.4 is 10.2 Å². The smallest absolute Gasteiger partial charge is 0.150 e. The summed E-state index contributed by atoms with van der Waals surface area (Å²) in [6.45, 7) is 6.58. The molecule has 4 heteroatoms. The van der Waals surface area contributed by atoms with Crippen LogP contribution in [0.15, 0.2) is 12.3 Å². The van der Waals surface area contributed by atoms with E-state index in [9.17, 15) is 0 Å². The number of rotatable bonds is 4. The van der Waals surface area contributed by atoms with Gasteiger partial charge < -0.3 is 10.2 Å². The molecule has 0 aromatic carbocycles. The van der Waals surface area contributed by atoms with Gasteiger partial charge in [-0.2, -0.15) is 5.10 Å². The zero-order chi connectivity index (χ0) is 11.8. The summed E-state index contributed by atoms with van der Waals surface area (Å²) in [7, 11) is 0. The van der Waals surface area contributed by atoms with Gasteiger partial charge in [0.2, 0.25) is 0 Å². The van der Waals surface area contributed by atoms with E-state index in [2.05, 4.69) is 41.4 Å². The maximum Gasteiger partial charge on any atom is 0.150 e. The Morgan fingerprint density at radius 3 is 2.76 bits per heavy atom. The molecule has 3 rings (SSSR count). The highest BCUT2D eigenvalue weighted by Crippen LogP contribution is 2.24. The van der Waals surface area contributed by atoms with Crippen molar-refractivity contribution >= 4 is 5.82 Å². The molecule has 17 heavy (non-hydrogen) atoms. The molecule has 2 heterocycles. The van der Waals surface area contributed by atoms with E-state index in [0.29, 0.717) is 12.1 Å². The first-order valence-corrected chi connectivity index (χ1v) is 6.78. The predicted octanol–water partition coefficient (Wildman–Crippen LogP) is 1.79. The molecule has 0 amide bonds. The lowest BCUT2D eigenvalue weighted by Gasteiger charge is -2.16. The second-order valence-corrected chi connectivity index (χ2v) is 5.62. The van der Waals surface area contributed by atoms with Gasteiger partial charge in [-0.1, -0.05) is 0 Å². The monoisotopic (exact) mass is 234 g/mol. The molecule has 0 spiro atoms. The largest absolute Gasteiger partial charge is 0.354 e. The van der Waals surface area contributed by atoms with Crippen molar-refractivity contribution in [1.82, 2.24) is 15.1 Å². The zero-order valence-electron chi connectivity index (χ0n) is 10.8. The zero-order valence-corrected chi connectivity index (χ0v) is 10.8. The molecule has 1 saturated heterocycles. The van der Waals surface area contributed by atoms with Crippen molar-refractivity contribution in [3.63, 3.8) is 0 Å². The van der Waals surface area contributed by atoms with Crippen molar-refractivity contribution in [3.05, 3.63) is 12.3 Å². The first kappa shape index (κ1) is 11.1. The van der Waals surface area contributed by atoms with Gasteiger partial charge in [0.05, 0.1) is 0 Å². The minimum atomic E-state index is 0.451. The molecule has 1 atom stereocenters. The molecule has 1 saturated carbocycles. The van der Waals surface area contributed by atoms with E-state index in [1.54, 1.807) is 0 Å². The van der Waals surface area contributed by atoms with Gasteiger partial charge in [-0.05, 0) is 33.1 Å². The summed E-state index contributed by atoms with van der Waals surface area (Å²) in [5.74, 6) is 1.14. The second-order valence-electron chi connectivity index (χ2n) is 5.62. The summed E-state index contributed by atoms with van der Waals surface area (Å²) < 4.78 is 2.04. The van der Waals surface area contributed by atoms with Crippen LogP contribution in [0.2, 0.25) is 0 Å². The van der Waals surface area contributed by atoms with Crippen molar-refractivity contribution in [2.75, 3.05) is 18.0 Å². The summed E-state index contributed by atoms with van der Waals surface area (Å²) in [4.78, 5) is 2.40. The molecule has 1 aromatic rings. The van der Waals surface area contributed by atoms with E-state index in [1.165, 1.54) is 19.3 Å². The average Bonchev–Trinajstić information content (AvgIpc) is 2.82. The van der Waals surface area contributed by atoms with E-state index in [4.69, 9.17) is 0 Å². The first-order valence-electron chi connectivity index (χ1n) is 6.78. The quantitative estimate of drug-likeness (QED) is 0.862. The van der Waals surface area contributed by atoms with E-state index in [1.807, 2.05) is 4.68 Å². The Labute approximate surface area is 103 Å². The number of anilines is 1. The highest BCUT2D eigenvalue weighted by molar-refractivity contribution is 5.38. The van der Waals surface area contributed by atoms with Crippen LogP contribution in [-0.4, -0.2) is 35.0 Å². The molecule has 2 fully saturated rings. The van der Waals surface area contributed by atoms with Crippen LogP contribution in [0.5, 0.6) is 0 Å². The topological polar surface area (TPSA) is 33.1 Å². The third kappa shape index (κ3) is 2.46.